The predicted molar refractivity (Wildman–Crippen MR) is 99.1 cm³/mol. The summed E-state index contributed by atoms with van der Waals surface area (Å²) in [6.45, 7) is 2.03. The number of carbonyl (C=O) groups excluding carboxylic acids is 1. The molecule has 1 aliphatic heterocycles. The quantitative estimate of drug-likeness (QED) is 0.472. The van der Waals surface area contributed by atoms with Crippen LogP contribution in [0.2, 0.25) is 0 Å². The number of nitrogens with zero attached hydrogens (tertiary/aromatic N) is 1. The number of benzene rings is 2. The van der Waals surface area contributed by atoms with Gasteiger partial charge in [-0.1, -0.05) is 36.4 Å². The van der Waals surface area contributed by atoms with Crippen molar-refractivity contribution in [3.8, 4) is 0 Å². The summed E-state index contributed by atoms with van der Waals surface area (Å²) in [5.41, 5.74) is 4.91. The van der Waals surface area contributed by atoms with E-state index in [1.165, 1.54) is 30.2 Å². The summed E-state index contributed by atoms with van der Waals surface area (Å²) in [6, 6.07) is 15.3. The van der Waals surface area contributed by atoms with Gasteiger partial charge in [0.25, 0.3) is 5.91 Å². The van der Waals surface area contributed by atoms with Crippen LogP contribution >= 0.6 is 0 Å². The van der Waals surface area contributed by atoms with Crippen molar-refractivity contribution in [1.82, 2.24) is 10.4 Å². The van der Waals surface area contributed by atoms with Gasteiger partial charge in [-0.3, -0.25) is 14.9 Å². The molecule has 2 aromatic rings. The molecule has 2 aromatic carbocycles. The molecular formula is C21H23FN2O2. The predicted octanol–water partition coefficient (Wildman–Crippen LogP) is 3.72. The number of carbonyl (C=O) groups is 1. The van der Waals surface area contributed by atoms with Crippen LogP contribution in [-0.4, -0.2) is 29.1 Å². The van der Waals surface area contributed by atoms with Crippen molar-refractivity contribution < 1.29 is 14.4 Å². The Morgan fingerprint density at radius 1 is 1.19 bits per heavy atom. The van der Waals surface area contributed by atoms with E-state index >= 15 is 0 Å². The Morgan fingerprint density at radius 3 is 2.62 bits per heavy atom. The molecule has 1 amide bonds. The van der Waals surface area contributed by atoms with E-state index in [9.17, 15) is 9.18 Å². The third-order valence-corrected chi connectivity index (χ3v) is 4.82. The van der Waals surface area contributed by atoms with Crippen molar-refractivity contribution in [1.29, 1.82) is 0 Å². The fourth-order valence-corrected chi connectivity index (χ4v) is 3.43. The zero-order valence-corrected chi connectivity index (χ0v) is 14.6. The van der Waals surface area contributed by atoms with Crippen molar-refractivity contribution in [2.45, 2.75) is 25.3 Å². The molecule has 26 heavy (non-hydrogen) atoms. The van der Waals surface area contributed by atoms with Gasteiger partial charge >= 0.3 is 0 Å². The lowest BCUT2D eigenvalue weighted by atomic mass is 10.0. The lowest BCUT2D eigenvalue weighted by Gasteiger charge is -2.25. The highest BCUT2D eigenvalue weighted by atomic mass is 19.1. The van der Waals surface area contributed by atoms with Crippen LogP contribution in [0.15, 0.2) is 54.6 Å². The molecule has 0 aliphatic carbocycles. The van der Waals surface area contributed by atoms with Crippen LogP contribution in [0.25, 0.3) is 6.08 Å². The molecule has 0 spiro atoms. The minimum Gasteiger partial charge on any atom is -0.296 e. The second-order valence-electron chi connectivity index (χ2n) is 6.55. The van der Waals surface area contributed by atoms with Crippen LogP contribution in [0, 0.1) is 5.82 Å². The molecule has 1 saturated heterocycles. The first-order valence-electron chi connectivity index (χ1n) is 8.86. The molecule has 1 fully saturated rings. The third kappa shape index (κ3) is 4.77. The Morgan fingerprint density at radius 2 is 1.92 bits per heavy atom. The molecule has 0 bridgehead atoms. The Balaban J connectivity index is 1.61. The maximum atomic E-state index is 13.0. The van der Waals surface area contributed by atoms with E-state index in [2.05, 4.69) is 17.0 Å². The fourth-order valence-electron chi connectivity index (χ4n) is 3.43. The summed E-state index contributed by atoms with van der Waals surface area (Å²) < 4.78 is 13.0. The molecule has 5 heteroatoms. The first-order chi connectivity index (χ1) is 12.7. The average molecular weight is 354 g/mol. The minimum absolute atomic E-state index is 0.196. The highest BCUT2D eigenvalue weighted by Gasteiger charge is 2.25. The van der Waals surface area contributed by atoms with Crippen LogP contribution in [-0.2, 0) is 11.2 Å². The van der Waals surface area contributed by atoms with Gasteiger partial charge in [0.2, 0.25) is 0 Å². The normalized spacial score (nSPS) is 17.7. The summed E-state index contributed by atoms with van der Waals surface area (Å²) in [7, 11) is 0. The van der Waals surface area contributed by atoms with Gasteiger partial charge < -0.3 is 0 Å². The summed E-state index contributed by atoms with van der Waals surface area (Å²) in [6.07, 6.45) is 6.17. The van der Waals surface area contributed by atoms with Crippen LogP contribution in [0.1, 0.15) is 35.6 Å². The Bertz CT molecular complexity index is 757. The zero-order valence-electron chi connectivity index (χ0n) is 14.6. The second kappa shape index (κ2) is 8.74. The Kier molecular flexibility index (Phi) is 6.15. The van der Waals surface area contributed by atoms with E-state index < -0.39 is 5.91 Å². The van der Waals surface area contributed by atoms with E-state index in [1.807, 2.05) is 24.3 Å². The minimum atomic E-state index is -0.545. The largest absolute Gasteiger partial charge is 0.296 e. The second-order valence-corrected chi connectivity index (χ2v) is 6.55. The molecule has 136 valence electrons. The first kappa shape index (κ1) is 18.3. The molecular weight excluding hydrogens is 331 g/mol. The SMILES string of the molecule is O=C(/C=C/c1ccc(C2CCCN2CCc2ccc(F)cc2)cc1)NO. The van der Waals surface area contributed by atoms with E-state index in [-0.39, 0.29) is 5.82 Å². The standard InChI is InChI=1S/C21H23FN2O2/c22-19-10-5-17(6-11-19)13-15-24-14-1-2-20(24)18-8-3-16(4-9-18)7-12-21(25)23-26/h3-12,20,26H,1-2,13-15H2,(H,23,25)/b12-7+. The van der Waals surface area contributed by atoms with Gasteiger partial charge in [0.05, 0.1) is 0 Å². The number of nitrogens with one attached hydrogen (secondary N) is 1. The maximum absolute atomic E-state index is 13.0. The van der Waals surface area contributed by atoms with E-state index in [1.54, 1.807) is 11.6 Å². The van der Waals surface area contributed by atoms with Crippen LogP contribution in [0.3, 0.4) is 0 Å². The smallest absolute Gasteiger partial charge is 0.267 e. The molecule has 4 nitrogen and oxygen atoms in total. The summed E-state index contributed by atoms with van der Waals surface area (Å²) in [4.78, 5) is 13.5. The van der Waals surface area contributed by atoms with Gasteiger partial charge in [-0.2, -0.15) is 0 Å². The number of amides is 1. The lowest BCUT2D eigenvalue weighted by molar-refractivity contribution is -0.124. The number of rotatable bonds is 6. The average Bonchev–Trinajstić information content (AvgIpc) is 3.14. The summed E-state index contributed by atoms with van der Waals surface area (Å²) in [5.74, 6) is -0.741. The highest BCUT2D eigenvalue weighted by Crippen LogP contribution is 2.32. The first-order valence-corrected chi connectivity index (χ1v) is 8.86. The molecule has 3 rings (SSSR count). The molecule has 1 heterocycles. The van der Waals surface area contributed by atoms with Crippen molar-refractivity contribution >= 4 is 12.0 Å². The van der Waals surface area contributed by atoms with Gasteiger partial charge in [0.15, 0.2) is 0 Å². The van der Waals surface area contributed by atoms with E-state index in [0.717, 1.165) is 37.1 Å². The van der Waals surface area contributed by atoms with E-state index in [0.29, 0.717) is 6.04 Å². The number of hydrogen-bond acceptors (Lipinski definition) is 3. The van der Waals surface area contributed by atoms with Crippen molar-refractivity contribution in [2.75, 3.05) is 13.1 Å². The molecule has 1 atom stereocenters. The van der Waals surface area contributed by atoms with Crippen molar-refractivity contribution in [3.63, 3.8) is 0 Å². The van der Waals surface area contributed by atoms with Crippen LogP contribution < -0.4 is 5.48 Å². The van der Waals surface area contributed by atoms with Crippen LogP contribution in [0.4, 0.5) is 4.39 Å². The fraction of sp³-hybridized carbons (Fsp3) is 0.286. The van der Waals surface area contributed by atoms with Crippen molar-refractivity contribution in [3.05, 3.63) is 77.1 Å². The summed E-state index contributed by atoms with van der Waals surface area (Å²) in [5, 5.41) is 8.50. The molecule has 2 N–H and O–H groups in total. The monoisotopic (exact) mass is 354 g/mol. The molecule has 1 unspecified atom stereocenters. The van der Waals surface area contributed by atoms with Gasteiger partial charge in [0.1, 0.15) is 5.82 Å². The van der Waals surface area contributed by atoms with Gasteiger partial charge in [-0.15, -0.1) is 0 Å². The molecule has 0 saturated carbocycles. The molecule has 1 aliphatic rings. The Hall–Kier alpha value is -2.50. The number of likely N-dealkylation sites (tertiary alicyclic amines) is 1. The molecule has 0 aromatic heterocycles. The van der Waals surface area contributed by atoms with Gasteiger partial charge in [0, 0.05) is 18.7 Å². The lowest BCUT2D eigenvalue weighted by Crippen LogP contribution is -2.25. The number of halogens is 1. The molecule has 0 radical (unpaired) electrons. The van der Waals surface area contributed by atoms with Gasteiger partial charge in [-0.25, -0.2) is 9.87 Å². The zero-order chi connectivity index (χ0) is 18.4. The number of hydroxylamine groups is 1. The summed E-state index contributed by atoms with van der Waals surface area (Å²) >= 11 is 0. The number of hydrogen-bond donors (Lipinski definition) is 2. The Labute approximate surface area is 152 Å². The van der Waals surface area contributed by atoms with Crippen LogP contribution in [0.5, 0.6) is 0 Å². The maximum Gasteiger partial charge on any atom is 0.267 e. The topological polar surface area (TPSA) is 52.6 Å². The third-order valence-electron chi connectivity index (χ3n) is 4.82. The highest BCUT2D eigenvalue weighted by molar-refractivity contribution is 5.90. The van der Waals surface area contributed by atoms with Gasteiger partial charge in [-0.05, 0) is 60.7 Å². The van der Waals surface area contributed by atoms with E-state index in [4.69, 9.17) is 5.21 Å². The van der Waals surface area contributed by atoms with Crippen molar-refractivity contribution in [2.24, 2.45) is 0 Å².